The first-order chi connectivity index (χ1) is 13.3. The smallest absolute Gasteiger partial charge is 0.337 e. The van der Waals surface area contributed by atoms with Crippen LogP contribution in [0.4, 0.5) is 10.5 Å². The lowest BCUT2D eigenvalue weighted by Crippen LogP contribution is -2.49. The molecule has 0 atom stereocenters. The minimum atomic E-state index is -0.870. The van der Waals surface area contributed by atoms with Crippen molar-refractivity contribution in [1.82, 2.24) is 10.2 Å². The Hall–Kier alpha value is -2.90. The molecule has 1 aliphatic carbocycles. The molecule has 0 unspecified atom stereocenters. The van der Waals surface area contributed by atoms with E-state index in [2.05, 4.69) is 22.3 Å². The second kappa shape index (κ2) is 7.61. The fourth-order valence-corrected chi connectivity index (χ4v) is 3.75. The third-order valence-electron chi connectivity index (χ3n) is 5.61. The van der Waals surface area contributed by atoms with Crippen molar-refractivity contribution in [2.24, 2.45) is 5.92 Å². The highest BCUT2D eigenvalue weighted by atomic mass is 16.5. The van der Waals surface area contributed by atoms with Gasteiger partial charge in [0.2, 0.25) is 5.91 Å². The number of esters is 1. The number of carbonyl (C=O) groups excluding carboxylic acids is 4. The third kappa shape index (κ3) is 3.72. The standard InChI is InChI=1S/C20H25N3O5/c1-12-6-8-20(9-7-12)18(26)23(19(27)22-20)11-16(24)21-15-10-14(17(25)28-3)5-4-13(15)2/h4-5,10,12H,6-9,11H2,1-3H3,(H,21,24)(H,22,27). The van der Waals surface area contributed by atoms with Crippen LogP contribution in [0.25, 0.3) is 0 Å². The van der Waals surface area contributed by atoms with Gasteiger partial charge in [0.15, 0.2) is 0 Å². The van der Waals surface area contributed by atoms with Gasteiger partial charge in [-0.05, 0) is 56.2 Å². The Morgan fingerprint density at radius 2 is 1.96 bits per heavy atom. The van der Waals surface area contributed by atoms with Crippen molar-refractivity contribution in [1.29, 1.82) is 0 Å². The number of carbonyl (C=O) groups is 4. The number of hydrogen-bond acceptors (Lipinski definition) is 5. The van der Waals surface area contributed by atoms with Gasteiger partial charge in [0, 0.05) is 5.69 Å². The van der Waals surface area contributed by atoms with Crippen molar-refractivity contribution in [3.05, 3.63) is 29.3 Å². The summed E-state index contributed by atoms with van der Waals surface area (Å²) in [6.45, 7) is 3.54. The zero-order valence-corrected chi connectivity index (χ0v) is 16.3. The molecule has 2 aliphatic rings. The molecular weight excluding hydrogens is 362 g/mol. The van der Waals surface area contributed by atoms with Crippen molar-refractivity contribution >= 4 is 29.5 Å². The summed E-state index contributed by atoms with van der Waals surface area (Å²) in [5, 5.41) is 5.47. The van der Waals surface area contributed by atoms with Crippen LogP contribution in [0, 0.1) is 12.8 Å². The fraction of sp³-hybridized carbons (Fsp3) is 0.500. The van der Waals surface area contributed by atoms with Crippen molar-refractivity contribution in [3.63, 3.8) is 0 Å². The average Bonchev–Trinajstić information content (AvgIpc) is 2.89. The number of nitrogens with one attached hydrogen (secondary N) is 2. The summed E-state index contributed by atoms with van der Waals surface area (Å²) in [7, 11) is 1.28. The summed E-state index contributed by atoms with van der Waals surface area (Å²) in [6, 6.07) is 4.26. The molecule has 1 aromatic rings. The molecule has 2 fully saturated rings. The molecule has 1 spiro atoms. The van der Waals surface area contributed by atoms with Crippen LogP contribution in [0.15, 0.2) is 18.2 Å². The van der Waals surface area contributed by atoms with Gasteiger partial charge in [-0.15, -0.1) is 0 Å². The SMILES string of the molecule is COC(=O)c1ccc(C)c(NC(=O)CN2C(=O)NC3(CCC(C)CC3)C2=O)c1. The second-order valence-corrected chi connectivity index (χ2v) is 7.66. The van der Waals surface area contributed by atoms with Crippen LogP contribution in [0.1, 0.15) is 48.5 Å². The van der Waals surface area contributed by atoms with E-state index < -0.39 is 23.4 Å². The summed E-state index contributed by atoms with van der Waals surface area (Å²) in [5.41, 5.74) is 0.607. The van der Waals surface area contributed by atoms with E-state index in [1.54, 1.807) is 19.1 Å². The van der Waals surface area contributed by atoms with Gasteiger partial charge in [-0.3, -0.25) is 14.5 Å². The molecule has 1 heterocycles. The Balaban J connectivity index is 1.69. The summed E-state index contributed by atoms with van der Waals surface area (Å²) in [5.74, 6) is -0.828. The van der Waals surface area contributed by atoms with Crippen LogP contribution in [0.2, 0.25) is 0 Å². The number of ether oxygens (including phenoxy) is 1. The highest BCUT2D eigenvalue weighted by Gasteiger charge is 2.52. The number of rotatable bonds is 4. The summed E-state index contributed by atoms with van der Waals surface area (Å²) >= 11 is 0. The number of aryl methyl sites for hydroxylation is 1. The fourth-order valence-electron chi connectivity index (χ4n) is 3.75. The largest absolute Gasteiger partial charge is 0.465 e. The maximum Gasteiger partial charge on any atom is 0.337 e. The quantitative estimate of drug-likeness (QED) is 0.609. The Labute approximate surface area is 163 Å². The number of nitrogens with zero attached hydrogens (tertiary/aromatic N) is 1. The number of amides is 4. The summed E-state index contributed by atoms with van der Waals surface area (Å²) in [6.07, 6.45) is 2.92. The molecule has 28 heavy (non-hydrogen) atoms. The van der Waals surface area contributed by atoms with Gasteiger partial charge in [0.25, 0.3) is 5.91 Å². The molecule has 1 aliphatic heterocycles. The van der Waals surface area contributed by atoms with E-state index in [0.717, 1.165) is 23.3 Å². The van der Waals surface area contributed by atoms with Gasteiger partial charge >= 0.3 is 12.0 Å². The van der Waals surface area contributed by atoms with E-state index in [1.807, 2.05) is 0 Å². The minimum Gasteiger partial charge on any atom is -0.465 e. The maximum absolute atomic E-state index is 12.8. The molecule has 1 saturated heterocycles. The lowest BCUT2D eigenvalue weighted by atomic mass is 9.77. The molecule has 4 amide bonds. The van der Waals surface area contributed by atoms with Crippen molar-refractivity contribution in [2.75, 3.05) is 19.0 Å². The molecular formula is C20H25N3O5. The van der Waals surface area contributed by atoms with Gasteiger partial charge in [0.05, 0.1) is 12.7 Å². The normalized spacial score (nSPS) is 24.2. The van der Waals surface area contributed by atoms with Crippen molar-refractivity contribution < 1.29 is 23.9 Å². The highest BCUT2D eigenvalue weighted by molar-refractivity contribution is 6.10. The average molecular weight is 387 g/mol. The maximum atomic E-state index is 12.8. The summed E-state index contributed by atoms with van der Waals surface area (Å²) in [4.78, 5) is 50.3. The molecule has 2 N–H and O–H groups in total. The molecule has 1 saturated carbocycles. The molecule has 8 heteroatoms. The first-order valence-corrected chi connectivity index (χ1v) is 9.38. The molecule has 150 valence electrons. The van der Waals surface area contributed by atoms with E-state index in [-0.39, 0.29) is 12.5 Å². The third-order valence-corrected chi connectivity index (χ3v) is 5.61. The van der Waals surface area contributed by atoms with Crippen LogP contribution < -0.4 is 10.6 Å². The molecule has 3 rings (SSSR count). The van der Waals surface area contributed by atoms with Crippen LogP contribution in [0.5, 0.6) is 0 Å². The zero-order chi connectivity index (χ0) is 20.5. The molecule has 0 aromatic heterocycles. The number of anilines is 1. The molecule has 0 radical (unpaired) electrons. The number of hydrogen-bond donors (Lipinski definition) is 2. The lowest BCUT2D eigenvalue weighted by Gasteiger charge is -2.33. The van der Waals surface area contributed by atoms with Crippen LogP contribution in [0.3, 0.4) is 0 Å². The van der Waals surface area contributed by atoms with Gasteiger partial charge < -0.3 is 15.4 Å². The number of methoxy groups -OCH3 is 1. The minimum absolute atomic E-state index is 0.300. The van der Waals surface area contributed by atoms with E-state index in [1.165, 1.54) is 13.2 Å². The highest BCUT2D eigenvalue weighted by Crippen LogP contribution is 2.36. The lowest BCUT2D eigenvalue weighted by molar-refractivity contribution is -0.135. The van der Waals surface area contributed by atoms with Crippen molar-refractivity contribution in [3.8, 4) is 0 Å². The Morgan fingerprint density at radius 3 is 2.61 bits per heavy atom. The molecule has 0 bridgehead atoms. The van der Waals surface area contributed by atoms with Crippen LogP contribution >= 0.6 is 0 Å². The number of imide groups is 1. The Morgan fingerprint density at radius 1 is 1.29 bits per heavy atom. The van der Waals surface area contributed by atoms with Gasteiger partial charge in [-0.1, -0.05) is 13.0 Å². The first kappa shape index (κ1) is 19.9. The van der Waals surface area contributed by atoms with Crippen LogP contribution in [-0.4, -0.2) is 47.9 Å². The predicted molar refractivity (Wildman–Crippen MR) is 102 cm³/mol. The first-order valence-electron chi connectivity index (χ1n) is 9.38. The van der Waals surface area contributed by atoms with E-state index in [0.29, 0.717) is 30.0 Å². The van der Waals surface area contributed by atoms with Crippen LogP contribution in [-0.2, 0) is 14.3 Å². The van der Waals surface area contributed by atoms with E-state index >= 15 is 0 Å². The molecule has 1 aromatic carbocycles. The van der Waals surface area contributed by atoms with Crippen molar-refractivity contribution in [2.45, 2.75) is 45.1 Å². The number of urea groups is 1. The van der Waals surface area contributed by atoms with E-state index in [4.69, 9.17) is 0 Å². The van der Waals surface area contributed by atoms with E-state index in [9.17, 15) is 19.2 Å². The summed E-state index contributed by atoms with van der Waals surface area (Å²) < 4.78 is 4.69. The predicted octanol–water partition coefficient (Wildman–Crippen LogP) is 2.22. The Kier molecular flexibility index (Phi) is 5.40. The topological polar surface area (TPSA) is 105 Å². The zero-order valence-electron chi connectivity index (χ0n) is 16.3. The van der Waals surface area contributed by atoms with Gasteiger partial charge in [0.1, 0.15) is 12.1 Å². The Bertz CT molecular complexity index is 827. The molecule has 8 nitrogen and oxygen atoms in total. The number of benzene rings is 1. The monoisotopic (exact) mass is 387 g/mol. The van der Waals surface area contributed by atoms with Gasteiger partial charge in [-0.2, -0.15) is 0 Å². The second-order valence-electron chi connectivity index (χ2n) is 7.66. The van der Waals surface area contributed by atoms with Gasteiger partial charge in [-0.25, -0.2) is 9.59 Å².